The number of nitrogens with one attached hydrogen (secondary N) is 1. The first-order valence-corrected chi connectivity index (χ1v) is 6.98. The fraction of sp³-hybridized carbons (Fsp3) is 0.375. The van der Waals surface area contributed by atoms with Crippen molar-refractivity contribution in [2.45, 2.75) is 31.8 Å². The van der Waals surface area contributed by atoms with Gasteiger partial charge >= 0.3 is 5.97 Å². The second-order valence-electron chi connectivity index (χ2n) is 5.52. The first kappa shape index (κ1) is 15.3. The summed E-state index contributed by atoms with van der Waals surface area (Å²) in [4.78, 5) is 11.4. The van der Waals surface area contributed by atoms with E-state index in [1.165, 1.54) is 0 Å². The van der Waals surface area contributed by atoms with Crippen LogP contribution in [0.3, 0.4) is 0 Å². The summed E-state index contributed by atoms with van der Waals surface area (Å²) < 4.78 is 1.82. The summed E-state index contributed by atoms with van der Waals surface area (Å²) >= 11 is 0. The van der Waals surface area contributed by atoms with Crippen molar-refractivity contribution < 1.29 is 9.90 Å². The lowest BCUT2D eigenvalue weighted by Gasteiger charge is -2.27. The Kier molecular flexibility index (Phi) is 4.43. The van der Waals surface area contributed by atoms with Crippen molar-refractivity contribution in [3.63, 3.8) is 0 Å². The van der Waals surface area contributed by atoms with Gasteiger partial charge in [0, 0.05) is 11.8 Å². The Morgan fingerprint density at radius 3 is 2.62 bits per heavy atom. The standard InChI is InChI=1S/C16H21N3O2/c1-12(9-16(2,17-3)15(20)21)19-11-14(10-18-19)13-7-5-4-6-8-13/h4-8,10-12,17H,9H2,1-3H3,(H,20,21). The quantitative estimate of drug-likeness (QED) is 0.857. The molecule has 0 bridgehead atoms. The van der Waals surface area contributed by atoms with Gasteiger partial charge in [-0.3, -0.25) is 9.48 Å². The van der Waals surface area contributed by atoms with E-state index in [9.17, 15) is 9.90 Å². The zero-order valence-corrected chi connectivity index (χ0v) is 12.6. The number of likely N-dealkylation sites (N-methyl/N-ethyl adjacent to an activating group) is 1. The van der Waals surface area contributed by atoms with E-state index in [0.717, 1.165) is 11.1 Å². The molecular weight excluding hydrogens is 266 g/mol. The van der Waals surface area contributed by atoms with E-state index in [0.29, 0.717) is 6.42 Å². The Hall–Kier alpha value is -2.14. The Morgan fingerprint density at radius 1 is 1.38 bits per heavy atom. The van der Waals surface area contributed by atoms with Gasteiger partial charge in [0.2, 0.25) is 0 Å². The van der Waals surface area contributed by atoms with Gasteiger partial charge in [0.05, 0.1) is 12.2 Å². The summed E-state index contributed by atoms with van der Waals surface area (Å²) in [6.07, 6.45) is 4.22. The van der Waals surface area contributed by atoms with E-state index >= 15 is 0 Å². The van der Waals surface area contributed by atoms with Crippen molar-refractivity contribution in [2.75, 3.05) is 7.05 Å². The molecule has 5 heteroatoms. The highest BCUT2D eigenvalue weighted by atomic mass is 16.4. The highest BCUT2D eigenvalue weighted by molar-refractivity contribution is 5.78. The number of hydrogen-bond acceptors (Lipinski definition) is 3. The predicted octanol–water partition coefficient (Wildman–Crippen LogP) is 2.56. The van der Waals surface area contributed by atoms with Gasteiger partial charge in [-0.15, -0.1) is 0 Å². The Morgan fingerprint density at radius 2 is 2.05 bits per heavy atom. The fourth-order valence-electron chi connectivity index (χ4n) is 2.34. The minimum Gasteiger partial charge on any atom is -0.480 e. The highest BCUT2D eigenvalue weighted by Crippen LogP contribution is 2.24. The van der Waals surface area contributed by atoms with Crippen LogP contribution in [0.5, 0.6) is 0 Å². The van der Waals surface area contributed by atoms with Gasteiger partial charge in [-0.1, -0.05) is 30.3 Å². The molecule has 2 aromatic rings. The number of carbonyl (C=O) groups is 1. The highest BCUT2D eigenvalue weighted by Gasteiger charge is 2.33. The van der Waals surface area contributed by atoms with Gasteiger partial charge in [0.1, 0.15) is 5.54 Å². The molecule has 2 atom stereocenters. The van der Waals surface area contributed by atoms with Crippen LogP contribution >= 0.6 is 0 Å². The Bertz CT molecular complexity index is 609. The maximum Gasteiger partial charge on any atom is 0.323 e. The number of aliphatic carboxylic acids is 1. The third-order valence-corrected chi connectivity index (χ3v) is 3.89. The third-order valence-electron chi connectivity index (χ3n) is 3.89. The number of carboxylic acid groups (broad SMARTS) is 1. The molecule has 0 aliphatic rings. The van der Waals surface area contributed by atoms with Gasteiger partial charge in [-0.25, -0.2) is 0 Å². The van der Waals surface area contributed by atoms with Crippen LogP contribution in [0.1, 0.15) is 26.3 Å². The summed E-state index contributed by atoms with van der Waals surface area (Å²) in [6, 6.07) is 9.98. The van der Waals surface area contributed by atoms with E-state index in [4.69, 9.17) is 0 Å². The average molecular weight is 287 g/mol. The summed E-state index contributed by atoms with van der Waals surface area (Å²) in [6.45, 7) is 3.66. The molecular formula is C16H21N3O2. The number of carboxylic acids is 1. The molecule has 0 radical (unpaired) electrons. The number of hydrogen-bond donors (Lipinski definition) is 2. The van der Waals surface area contributed by atoms with Crippen LogP contribution in [-0.4, -0.2) is 33.4 Å². The number of aromatic nitrogens is 2. The maximum atomic E-state index is 11.4. The van der Waals surface area contributed by atoms with Gasteiger partial charge in [-0.2, -0.15) is 5.10 Å². The van der Waals surface area contributed by atoms with E-state index in [2.05, 4.69) is 10.4 Å². The van der Waals surface area contributed by atoms with E-state index < -0.39 is 11.5 Å². The van der Waals surface area contributed by atoms with Crippen molar-refractivity contribution in [2.24, 2.45) is 0 Å². The molecule has 2 unspecified atom stereocenters. The summed E-state index contributed by atoms with van der Waals surface area (Å²) in [5, 5.41) is 16.6. The van der Waals surface area contributed by atoms with Crippen LogP contribution in [0.25, 0.3) is 11.1 Å². The first-order chi connectivity index (χ1) is 9.96. The van der Waals surface area contributed by atoms with Gasteiger partial charge in [0.25, 0.3) is 0 Å². The maximum absolute atomic E-state index is 11.4. The minimum atomic E-state index is -0.960. The van der Waals surface area contributed by atoms with Crippen molar-refractivity contribution in [3.05, 3.63) is 42.7 Å². The third kappa shape index (κ3) is 3.31. The van der Waals surface area contributed by atoms with Crippen LogP contribution in [0, 0.1) is 0 Å². The van der Waals surface area contributed by atoms with E-state index in [1.807, 2.05) is 54.3 Å². The van der Waals surface area contributed by atoms with Crippen molar-refractivity contribution in [1.82, 2.24) is 15.1 Å². The topological polar surface area (TPSA) is 67.2 Å². The van der Waals surface area contributed by atoms with Gasteiger partial charge in [-0.05, 0) is 32.9 Å². The Labute approximate surface area is 124 Å². The second-order valence-corrected chi connectivity index (χ2v) is 5.52. The van der Waals surface area contributed by atoms with Crippen LogP contribution < -0.4 is 5.32 Å². The molecule has 0 saturated carbocycles. The van der Waals surface area contributed by atoms with Crippen LogP contribution in [0.2, 0.25) is 0 Å². The summed E-state index contributed by atoms with van der Waals surface area (Å²) in [7, 11) is 1.67. The molecule has 1 aromatic carbocycles. The van der Waals surface area contributed by atoms with Gasteiger partial charge < -0.3 is 10.4 Å². The molecule has 0 aliphatic carbocycles. The number of benzene rings is 1. The molecule has 21 heavy (non-hydrogen) atoms. The lowest BCUT2D eigenvalue weighted by atomic mass is 9.94. The predicted molar refractivity (Wildman–Crippen MR) is 82.1 cm³/mol. The monoisotopic (exact) mass is 287 g/mol. The molecule has 0 fully saturated rings. The second kappa shape index (κ2) is 6.10. The number of rotatable bonds is 6. The zero-order valence-electron chi connectivity index (χ0n) is 12.6. The molecule has 0 aliphatic heterocycles. The molecule has 0 amide bonds. The molecule has 1 aromatic heterocycles. The molecule has 112 valence electrons. The van der Waals surface area contributed by atoms with Crippen LogP contribution in [0.15, 0.2) is 42.7 Å². The summed E-state index contributed by atoms with van der Waals surface area (Å²) in [5.74, 6) is -0.854. The van der Waals surface area contributed by atoms with E-state index in [-0.39, 0.29) is 6.04 Å². The lowest BCUT2D eigenvalue weighted by Crippen LogP contribution is -2.48. The van der Waals surface area contributed by atoms with E-state index in [1.54, 1.807) is 14.0 Å². The molecule has 0 spiro atoms. The average Bonchev–Trinajstić information content (AvgIpc) is 2.97. The van der Waals surface area contributed by atoms with Crippen molar-refractivity contribution >= 4 is 5.97 Å². The molecule has 0 saturated heterocycles. The lowest BCUT2D eigenvalue weighted by molar-refractivity contribution is -0.144. The van der Waals surface area contributed by atoms with Crippen molar-refractivity contribution in [3.8, 4) is 11.1 Å². The van der Waals surface area contributed by atoms with Gasteiger partial charge in [0.15, 0.2) is 0 Å². The molecule has 1 heterocycles. The Balaban J connectivity index is 2.16. The molecule has 2 rings (SSSR count). The fourth-order valence-corrected chi connectivity index (χ4v) is 2.34. The largest absolute Gasteiger partial charge is 0.480 e. The minimum absolute atomic E-state index is 0.0176. The summed E-state index contributed by atoms with van der Waals surface area (Å²) in [5.41, 5.74) is 1.17. The number of nitrogens with zero attached hydrogens (tertiary/aromatic N) is 2. The smallest absolute Gasteiger partial charge is 0.323 e. The van der Waals surface area contributed by atoms with Crippen molar-refractivity contribution in [1.29, 1.82) is 0 Å². The molecule has 2 N–H and O–H groups in total. The molecule has 5 nitrogen and oxygen atoms in total. The van der Waals surface area contributed by atoms with Crippen LogP contribution in [-0.2, 0) is 4.79 Å². The zero-order chi connectivity index (χ0) is 15.5. The van der Waals surface area contributed by atoms with Crippen LogP contribution in [0.4, 0.5) is 0 Å². The normalized spacial score (nSPS) is 15.4. The first-order valence-electron chi connectivity index (χ1n) is 6.98. The SMILES string of the molecule is CNC(C)(CC(C)n1cc(-c2ccccc2)cn1)C(=O)O.